The van der Waals surface area contributed by atoms with Gasteiger partial charge in [-0.05, 0) is 24.1 Å². The summed E-state index contributed by atoms with van der Waals surface area (Å²) in [7, 11) is -2.91. The fourth-order valence-electron chi connectivity index (χ4n) is 4.82. The van der Waals surface area contributed by atoms with E-state index in [4.69, 9.17) is 13.6 Å². The Morgan fingerprint density at radius 3 is 2.97 bits per heavy atom. The smallest absolute Gasteiger partial charge is 0.244 e. The molecule has 5 heterocycles. The minimum Gasteiger partial charge on any atom is -0.479 e. The molecular weight excluding hydrogens is 477 g/mol. The second-order valence-corrected chi connectivity index (χ2v) is 8.93. The van der Waals surface area contributed by atoms with Crippen LogP contribution in [0.1, 0.15) is 10.5 Å². The highest BCUT2D eigenvalue weighted by molar-refractivity contribution is 5.89. The summed E-state index contributed by atoms with van der Waals surface area (Å²) in [5.74, 6) is -1.22. The normalized spacial score (nSPS) is 22.8. The first-order valence-corrected chi connectivity index (χ1v) is 11.6. The lowest BCUT2D eigenvalue weighted by atomic mass is 10.0. The molecule has 2 atom stereocenters. The van der Waals surface area contributed by atoms with Crippen LogP contribution in [0.2, 0.25) is 0 Å². The van der Waals surface area contributed by atoms with Gasteiger partial charge < -0.3 is 14.8 Å². The molecule has 4 aromatic rings. The zero-order valence-corrected chi connectivity index (χ0v) is 19.1. The lowest BCUT2D eigenvalue weighted by molar-refractivity contribution is -0.0794. The van der Waals surface area contributed by atoms with Gasteiger partial charge in [-0.1, -0.05) is 11.3 Å². The van der Waals surface area contributed by atoms with Crippen molar-refractivity contribution in [2.45, 2.75) is 31.2 Å². The lowest BCUT2D eigenvalue weighted by Crippen LogP contribution is -2.57. The minimum atomic E-state index is -2.91. The molecule has 0 unspecified atom stereocenters. The Labute approximate surface area is 208 Å². The van der Waals surface area contributed by atoms with E-state index in [-0.39, 0.29) is 36.2 Å². The van der Waals surface area contributed by atoms with Gasteiger partial charge in [0.1, 0.15) is 23.9 Å². The van der Waals surface area contributed by atoms with E-state index >= 15 is 8.78 Å². The van der Waals surface area contributed by atoms with Crippen molar-refractivity contribution in [3.05, 3.63) is 30.2 Å². The van der Waals surface area contributed by atoms with Crippen molar-refractivity contribution >= 4 is 22.5 Å². The Morgan fingerprint density at radius 1 is 1.33 bits per heavy atom. The number of methoxy groups -OCH3 is 1. The zero-order valence-electron chi connectivity index (χ0n) is 22.1. The molecule has 190 valence electrons. The van der Waals surface area contributed by atoms with E-state index in [9.17, 15) is 4.39 Å². The Morgan fingerprint density at radius 2 is 2.22 bits per heavy atom. The highest BCUT2D eigenvalue weighted by Crippen LogP contribution is 2.35. The maximum absolute atomic E-state index is 15.4. The summed E-state index contributed by atoms with van der Waals surface area (Å²) >= 11 is 0. The number of anilines is 1. The van der Waals surface area contributed by atoms with Crippen LogP contribution in [-0.2, 0) is 11.3 Å². The third-order valence-corrected chi connectivity index (χ3v) is 6.77. The van der Waals surface area contributed by atoms with Crippen LogP contribution < -0.4 is 10.1 Å². The number of hydrogen-bond acceptors (Lipinski definition) is 8. The first-order valence-electron chi connectivity index (χ1n) is 13.1. The van der Waals surface area contributed by atoms with Crippen LogP contribution >= 0.6 is 0 Å². The van der Waals surface area contributed by atoms with E-state index in [0.29, 0.717) is 42.8 Å². The van der Waals surface area contributed by atoms with Gasteiger partial charge in [0, 0.05) is 13.1 Å². The van der Waals surface area contributed by atoms with Crippen molar-refractivity contribution in [1.29, 1.82) is 0 Å². The molecule has 2 aliphatic rings. The summed E-state index contributed by atoms with van der Waals surface area (Å²) in [5.41, 5.74) is 1.23. The second kappa shape index (κ2) is 9.21. The molecule has 36 heavy (non-hydrogen) atoms. The van der Waals surface area contributed by atoms with Gasteiger partial charge >= 0.3 is 0 Å². The highest BCUT2D eigenvalue weighted by Gasteiger charge is 2.36. The fraction of sp³-hybridized carbons (Fsp3) is 0.478. The predicted molar refractivity (Wildman–Crippen MR) is 125 cm³/mol. The van der Waals surface area contributed by atoms with Crippen molar-refractivity contribution in [2.75, 3.05) is 45.3 Å². The molecule has 0 amide bonds. The first-order chi connectivity index (χ1) is 18.7. The monoisotopic (exact) mass is 505 g/mol. The van der Waals surface area contributed by atoms with Crippen molar-refractivity contribution in [3.8, 4) is 17.0 Å². The zero-order chi connectivity index (χ0) is 27.3. The number of nitrogens with zero attached hydrogens (tertiary/aromatic N) is 7. The van der Waals surface area contributed by atoms with Gasteiger partial charge in [0.15, 0.2) is 5.82 Å². The molecule has 1 N–H and O–H groups in total. The van der Waals surface area contributed by atoms with Crippen LogP contribution in [0.15, 0.2) is 24.4 Å². The number of piperidine rings is 1. The Hall–Kier alpha value is -3.45. The van der Waals surface area contributed by atoms with E-state index in [1.54, 1.807) is 18.2 Å². The number of rotatable bonds is 7. The summed E-state index contributed by atoms with van der Waals surface area (Å²) < 4.78 is 79.2. The predicted octanol–water partition coefficient (Wildman–Crippen LogP) is 2.48. The minimum absolute atomic E-state index is 0.0184. The van der Waals surface area contributed by atoms with Crippen molar-refractivity contribution in [1.82, 2.24) is 34.5 Å². The van der Waals surface area contributed by atoms with Crippen LogP contribution in [0.4, 0.5) is 19.1 Å². The Kier molecular flexibility index (Phi) is 5.04. The molecule has 0 bridgehead atoms. The standard InChI is InChI=1S/C23H25F3N8O2/c1-35-22-21-20(13-2-3-18-19(8-13)33(7-5-24)31-29-18)16(26)10-34(21)30-23(28-22)27-17-4-6-32(9-15(17)25)14-11-36-12-14/h2-3,8,10,14-15,17H,4-7,9,11-12H2,1H3,(H,27,30)/t15-,17+/m1/s1/i1D3. The number of fused-ring (bicyclic) bond motifs is 2. The summed E-state index contributed by atoms with van der Waals surface area (Å²) in [6, 6.07) is 4.33. The number of halogens is 3. The molecular formula is C23H25F3N8O2. The fourth-order valence-corrected chi connectivity index (χ4v) is 4.82. The second-order valence-electron chi connectivity index (χ2n) is 8.93. The number of aromatic nitrogens is 6. The van der Waals surface area contributed by atoms with Gasteiger partial charge in [0.05, 0.1) is 60.3 Å². The molecule has 0 saturated carbocycles. The molecule has 2 aliphatic heterocycles. The largest absolute Gasteiger partial charge is 0.479 e. The van der Waals surface area contributed by atoms with Gasteiger partial charge in [-0.25, -0.2) is 22.4 Å². The van der Waals surface area contributed by atoms with Crippen LogP contribution in [0.25, 0.3) is 27.7 Å². The lowest BCUT2D eigenvalue weighted by Gasteiger charge is -2.42. The third kappa shape index (κ3) is 3.91. The maximum Gasteiger partial charge on any atom is 0.244 e. The van der Waals surface area contributed by atoms with Crippen LogP contribution in [0.5, 0.6) is 5.88 Å². The highest BCUT2D eigenvalue weighted by atomic mass is 19.1. The van der Waals surface area contributed by atoms with E-state index in [2.05, 4.69) is 25.7 Å². The molecule has 10 nitrogen and oxygen atoms in total. The van der Waals surface area contributed by atoms with Gasteiger partial charge in [-0.2, -0.15) is 4.98 Å². The molecule has 0 aliphatic carbocycles. The van der Waals surface area contributed by atoms with E-state index < -0.39 is 37.6 Å². The molecule has 0 radical (unpaired) electrons. The van der Waals surface area contributed by atoms with E-state index in [1.165, 1.54) is 4.68 Å². The molecule has 1 aromatic carbocycles. The van der Waals surface area contributed by atoms with Gasteiger partial charge in [-0.3, -0.25) is 4.90 Å². The molecule has 2 saturated heterocycles. The van der Waals surface area contributed by atoms with Gasteiger partial charge in [-0.15, -0.1) is 10.2 Å². The van der Waals surface area contributed by atoms with E-state index in [0.717, 1.165) is 10.7 Å². The van der Waals surface area contributed by atoms with Crippen molar-refractivity contribution in [2.24, 2.45) is 0 Å². The first kappa shape index (κ1) is 19.7. The topological polar surface area (TPSA) is 94.6 Å². The molecule has 13 heteroatoms. The van der Waals surface area contributed by atoms with Crippen molar-refractivity contribution < 1.29 is 26.8 Å². The maximum atomic E-state index is 15.4. The number of aryl methyl sites for hydroxylation is 1. The molecule has 6 rings (SSSR count). The Balaban J connectivity index is 1.37. The van der Waals surface area contributed by atoms with Crippen LogP contribution in [0, 0.1) is 5.82 Å². The molecule has 3 aromatic heterocycles. The average Bonchev–Trinajstić information content (AvgIpc) is 3.38. The number of hydrogen-bond donors (Lipinski definition) is 1. The summed E-state index contributed by atoms with van der Waals surface area (Å²) in [4.78, 5) is 6.26. The SMILES string of the molecule is [2H]C([2H])([2H])Oc1nc(N[C@H]2CCN(C3COC3)C[C@H]2F)nn2cc(F)c(-c3ccc4nnn(CCF)c4c3)c12. The Bertz CT molecular complexity index is 1510. The van der Waals surface area contributed by atoms with Gasteiger partial charge in [0.2, 0.25) is 11.8 Å². The van der Waals surface area contributed by atoms with E-state index in [1.807, 2.05) is 4.90 Å². The number of ether oxygens (including phenoxy) is 2. The summed E-state index contributed by atoms with van der Waals surface area (Å²) in [6.45, 7) is 1.33. The average molecular weight is 506 g/mol. The van der Waals surface area contributed by atoms with Gasteiger partial charge in [0.25, 0.3) is 0 Å². The van der Waals surface area contributed by atoms with Crippen molar-refractivity contribution in [3.63, 3.8) is 0 Å². The van der Waals surface area contributed by atoms with Crippen LogP contribution in [-0.4, -0.2) is 92.8 Å². The third-order valence-electron chi connectivity index (χ3n) is 6.77. The number of likely N-dealkylation sites (tertiary alicyclic amines) is 1. The number of benzene rings is 1. The number of alkyl halides is 2. The summed E-state index contributed by atoms with van der Waals surface area (Å²) in [5, 5.41) is 15.1. The number of nitrogens with one attached hydrogen (secondary N) is 1. The quantitative estimate of drug-likeness (QED) is 0.410. The van der Waals surface area contributed by atoms with Crippen LogP contribution in [0.3, 0.4) is 0 Å². The molecule has 2 fully saturated rings. The molecule has 0 spiro atoms. The summed E-state index contributed by atoms with van der Waals surface area (Å²) in [6.07, 6.45) is 0.287.